The third-order valence-electron chi connectivity index (χ3n) is 1.61. The quantitative estimate of drug-likeness (QED) is 0.740. The van der Waals surface area contributed by atoms with Gasteiger partial charge in [-0.25, -0.2) is 0 Å². The Morgan fingerprint density at radius 2 is 1.33 bits per heavy atom. The van der Waals surface area contributed by atoms with E-state index >= 15 is 0 Å². The normalized spacial score (nSPS) is 12.3. The second kappa shape index (κ2) is 10.1. The van der Waals surface area contributed by atoms with Crippen LogP contribution in [-0.4, -0.2) is 23.5 Å². The van der Waals surface area contributed by atoms with Crippen molar-refractivity contribution in [3.8, 4) is 0 Å². The van der Waals surface area contributed by atoms with Crippen LogP contribution in [0.4, 0.5) is 0 Å². The van der Waals surface area contributed by atoms with Crippen molar-refractivity contribution < 1.29 is 9.90 Å². The molecular formula is C12H27NO2. The summed E-state index contributed by atoms with van der Waals surface area (Å²) in [5.74, 6) is 1.45. The lowest BCUT2D eigenvalue weighted by Gasteiger charge is -2.05. The Labute approximate surface area is 94.1 Å². The largest absolute Gasteiger partial charge is 0.392 e. The molecule has 3 nitrogen and oxygen atoms in total. The molecule has 0 spiro atoms. The summed E-state index contributed by atoms with van der Waals surface area (Å²) in [7, 11) is 0. The van der Waals surface area contributed by atoms with Gasteiger partial charge in [-0.05, 0) is 18.8 Å². The summed E-state index contributed by atoms with van der Waals surface area (Å²) in [5.41, 5.74) is 4.92. The molecule has 0 aliphatic rings. The Bertz CT molecular complexity index is 142. The van der Waals surface area contributed by atoms with E-state index in [-0.39, 0.29) is 6.10 Å². The highest BCUT2D eigenvalue weighted by molar-refractivity contribution is 5.78. The lowest BCUT2D eigenvalue weighted by atomic mass is 10.00. The van der Waals surface area contributed by atoms with Crippen LogP contribution in [0.15, 0.2) is 0 Å². The van der Waals surface area contributed by atoms with Crippen molar-refractivity contribution in [1.29, 1.82) is 0 Å². The van der Waals surface area contributed by atoms with Gasteiger partial charge in [0.2, 0.25) is 0 Å². The first-order valence-corrected chi connectivity index (χ1v) is 5.69. The van der Waals surface area contributed by atoms with Gasteiger partial charge in [0, 0.05) is 19.4 Å². The molecule has 0 fully saturated rings. The summed E-state index contributed by atoms with van der Waals surface area (Å²) < 4.78 is 0. The van der Waals surface area contributed by atoms with Gasteiger partial charge in [-0.15, -0.1) is 0 Å². The molecular weight excluding hydrogens is 190 g/mol. The van der Waals surface area contributed by atoms with Gasteiger partial charge in [-0.3, -0.25) is 4.79 Å². The molecule has 0 aromatic carbocycles. The zero-order valence-corrected chi connectivity index (χ0v) is 10.8. The zero-order valence-electron chi connectivity index (χ0n) is 10.8. The smallest absolute Gasteiger partial charge is 0.133 e. The van der Waals surface area contributed by atoms with E-state index in [1.165, 1.54) is 0 Å². The van der Waals surface area contributed by atoms with Crippen molar-refractivity contribution in [1.82, 2.24) is 0 Å². The van der Waals surface area contributed by atoms with Crippen molar-refractivity contribution >= 4 is 5.78 Å². The Hall–Kier alpha value is -0.410. The van der Waals surface area contributed by atoms with Crippen LogP contribution in [0, 0.1) is 11.8 Å². The molecule has 0 saturated carbocycles. The monoisotopic (exact) mass is 217 g/mol. The fraction of sp³-hybridized carbons (Fsp3) is 0.917. The van der Waals surface area contributed by atoms with Crippen molar-refractivity contribution in [3.63, 3.8) is 0 Å². The molecule has 15 heavy (non-hydrogen) atoms. The van der Waals surface area contributed by atoms with Crippen LogP contribution in [-0.2, 0) is 4.79 Å². The lowest BCUT2D eigenvalue weighted by molar-refractivity contribution is -0.120. The van der Waals surface area contributed by atoms with Crippen molar-refractivity contribution in [3.05, 3.63) is 0 Å². The molecule has 0 amide bonds. The summed E-state index contributed by atoms with van der Waals surface area (Å²) in [6.07, 6.45) is 1.16. The Kier molecular flexibility index (Phi) is 11.5. The standard InChI is InChI=1S/C9H18O.C3H9NO/c1-7(2)5-9(10)6-8(3)4;1-3(5)2-4/h7-8H,5-6H2,1-4H3;3,5H,2,4H2,1H3. The Morgan fingerprint density at radius 3 is 1.47 bits per heavy atom. The summed E-state index contributed by atoms with van der Waals surface area (Å²) in [6.45, 7) is 10.3. The topological polar surface area (TPSA) is 63.3 Å². The molecule has 0 heterocycles. The number of Topliss-reactive ketones (excluding diaryl/α,β-unsaturated/α-hetero) is 1. The van der Waals surface area contributed by atoms with Crippen LogP contribution in [0.1, 0.15) is 47.5 Å². The summed E-state index contributed by atoms with van der Waals surface area (Å²) in [5, 5.41) is 8.24. The number of carbonyl (C=O) groups is 1. The first kappa shape index (κ1) is 17.0. The molecule has 3 heteroatoms. The first-order valence-electron chi connectivity index (χ1n) is 5.69. The molecule has 1 unspecified atom stereocenters. The highest BCUT2D eigenvalue weighted by Crippen LogP contribution is 2.07. The molecule has 0 aromatic heterocycles. The molecule has 3 N–H and O–H groups in total. The van der Waals surface area contributed by atoms with Gasteiger partial charge in [-0.2, -0.15) is 0 Å². The second-order valence-electron chi connectivity index (χ2n) is 4.82. The molecule has 92 valence electrons. The molecule has 0 aliphatic heterocycles. The third kappa shape index (κ3) is 19.8. The number of nitrogens with two attached hydrogens (primary N) is 1. The van der Waals surface area contributed by atoms with Gasteiger partial charge in [0.1, 0.15) is 5.78 Å². The maximum atomic E-state index is 11.1. The van der Waals surface area contributed by atoms with Gasteiger partial charge >= 0.3 is 0 Å². The maximum absolute atomic E-state index is 11.1. The van der Waals surface area contributed by atoms with E-state index in [0.717, 1.165) is 12.8 Å². The Morgan fingerprint density at radius 1 is 1.07 bits per heavy atom. The highest BCUT2D eigenvalue weighted by atomic mass is 16.3. The van der Waals surface area contributed by atoms with Crippen LogP contribution >= 0.6 is 0 Å². The van der Waals surface area contributed by atoms with E-state index in [1.54, 1.807) is 6.92 Å². The average Bonchev–Trinajstić information content (AvgIpc) is 2.01. The number of hydrogen-bond acceptors (Lipinski definition) is 3. The predicted molar refractivity (Wildman–Crippen MR) is 64.7 cm³/mol. The summed E-state index contributed by atoms with van der Waals surface area (Å²) in [6, 6.07) is 0. The molecule has 0 radical (unpaired) electrons. The van der Waals surface area contributed by atoms with E-state index in [0.29, 0.717) is 24.2 Å². The number of rotatable bonds is 5. The second-order valence-corrected chi connectivity index (χ2v) is 4.82. The fourth-order valence-corrected chi connectivity index (χ4v) is 0.994. The minimum atomic E-state index is -0.338. The molecule has 0 bridgehead atoms. The number of aliphatic hydroxyl groups excluding tert-OH is 1. The molecule has 0 aliphatic carbocycles. The van der Waals surface area contributed by atoms with Gasteiger partial charge in [-0.1, -0.05) is 27.7 Å². The number of ketones is 1. The summed E-state index contributed by atoms with van der Waals surface area (Å²) in [4.78, 5) is 11.1. The van der Waals surface area contributed by atoms with Crippen LogP contribution < -0.4 is 5.73 Å². The van der Waals surface area contributed by atoms with Crippen LogP contribution in [0.5, 0.6) is 0 Å². The minimum Gasteiger partial charge on any atom is -0.392 e. The average molecular weight is 217 g/mol. The molecule has 0 saturated heterocycles. The maximum Gasteiger partial charge on any atom is 0.133 e. The molecule has 0 aromatic rings. The van der Waals surface area contributed by atoms with E-state index in [1.807, 2.05) is 0 Å². The van der Waals surface area contributed by atoms with E-state index in [4.69, 9.17) is 10.8 Å². The highest BCUT2D eigenvalue weighted by Gasteiger charge is 2.06. The first-order chi connectivity index (χ1) is 6.79. The van der Waals surface area contributed by atoms with Gasteiger partial charge in [0.15, 0.2) is 0 Å². The van der Waals surface area contributed by atoms with Crippen LogP contribution in [0.25, 0.3) is 0 Å². The van der Waals surface area contributed by atoms with Crippen LogP contribution in [0.3, 0.4) is 0 Å². The number of aliphatic hydroxyl groups is 1. The fourth-order valence-electron chi connectivity index (χ4n) is 0.994. The lowest BCUT2D eigenvalue weighted by Crippen LogP contribution is -2.14. The number of hydrogen-bond donors (Lipinski definition) is 2. The van der Waals surface area contributed by atoms with Gasteiger partial charge in [0.25, 0.3) is 0 Å². The molecule has 1 atom stereocenters. The minimum absolute atomic E-state index is 0.338. The van der Waals surface area contributed by atoms with Crippen molar-refractivity contribution in [2.75, 3.05) is 6.54 Å². The molecule has 0 rings (SSSR count). The number of carbonyl (C=O) groups excluding carboxylic acids is 1. The van der Waals surface area contributed by atoms with Crippen molar-refractivity contribution in [2.45, 2.75) is 53.6 Å². The zero-order chi connectivity index (χ0) is 12.4. The van der Waals surface area contributed by atoms with E-state index < -0.39 is 0 Å². The van der Waals surface area contributed by atoms with Gasteiger partial charge in [0.05, 0.1) is 6.10 Å². The van der Waals surface area contributed by atoms with Gasteiger partial charge < -0.3 is 10.8 Å². The van der Waals surface area contributed by atoms with E-state index in [9.17, 15) is 4.79 Å². The predicted octanol–water partition coefficient (Wildman–Crippen LogP) is 1.97. The van der Waals surface area contributed by atoms with Crippen molar-refractivity contribution in [2.24, 2.45) is 17.6 Å². The van der Waals surface area contributed by atoms with E-state index in [2.05, 4.69) is 27.7 Å². The summed E-state index contributed by atoms with van der Waals surface area (Å²) >= 11 is 0. The third-order valence-corrected chi connectivity index (χ3v) is 1.61. The SMILES string of the molecule is CC(C)CC(=O)CC(C)C.CC(O)CN. The Balaban J connectivity index is 0. The van der Waals surface area contributed by atoms with Crippen LogP contribution in [0.2, 0.25) is 0 Å².